The Kier molecular flexibility index (Phi) is 4.82. The Hall–Kier alpha value is -0.830. The van der Waals surface area contributed by atoms with Gasteiger partial charge in [0.15, 0.2) is 0 Å². The molecule has 15 heavy (non-hydrogen) atoms. The van der Waals surface area contributed by atoms with E-state index in [2.05, 4.69) is 11.5 Å². The Balaban J connectivity index is 2.45. The maximum Gasteiger partial charge on any atom is 0.225 e. The average molecular weight is 210 g/mol. The minimum Gasteiger partial charge on any atom is -0.341 e. The molecule has 0 unspecified atom stereocenters. The van der Waals surface area contributed by atoms with Crippen molar-refractivity contribution in [3.05, 3.63) is 12.7 Å². The van der Waals surface area contributed by atoms with Crippen molar-refractivity contribution in [3.63, 3.8) is 0 Å². The molecule has 0 radical (unpaired) electrons. The van der Waals surface area contributed by atoms with Gasteiger partial charge >= 0.3 is 0 Å². The maximum absolute atomic E-state index is 11.8. The van der Waals surface area contributed by atoms with Crippen molar-refractivity contribution >= 4 is 5.91 Å². The molecule has 0 aliphatic carbocycles. The molecule has 3 heteroatoms. The number of carbonyl (C=O) groups is 1. The molecule has 0 aromatic heterocycles. The molecule has 1 rings (SSSR count). The van der Waals surface area contributed by atoms with E-state index < -0.39 is 0 Å². The summed E-state index contributed by atoms with van der Waals surface area (Å²) in [6.45, 7) is 12.4. The van der Waals surface area contributed by atoms with Gasteiger partial charge in [0.05, 0.1) is 0 Å². The summed E-state index contributed by atoms with van der Waals surface area (Å²) in [5.74, 6) is 0.409. The predicted octanol–water partition coefficient (Wildman–Crippen LogP) is 1.36. The molecule has 0 atom stereocenters. The van der Waals surface area contributed by atoms with Crippen molar-refractivity contribution in [2.75, 3.05) is 32.7 Å². The second kappa shape index (κ2) is 5.91. The third-order valence-electron chi connectivity index (χ3n) is 2.78. The van der Waals surface area contributed by atoms with E-state index in [4.69, 9.17) is 0 Å². The molecular weight excluding hydrogens is 188 g/mol. The highest BCUT2D eigenvalue weighted by atomic mass is 16.2. The lowest BCUT2D eigenvalue weighted by Gasteiger charge is -2.22. The van der Waals surface area contributed by atoms with Crippen LogP contribution in [-0.2, 0) is 4.79 Å². The average Bonchev–Trinajstić information content (AvgIpc) is 2.43. The van der Waals surface area contributed by atoms with E-state index in [0.717, 1.165) is 39.1 Å². The van der Waals surface area contributed by atoms with Gasteiger partial charge in [-0.15, -0.1) is 6.58 Å². The number of hydrogen-bond acceptors (Lipinski definition) is 2. The van der Waals surface area contributed by atoms with Crippen molar-refractivity contribution < 1.29 is 4.79 Å². The minimum atomic E-state index is 0.121. The van der Waals surface area contributed by atoms with Gasteiger partial charge in [-0.2, -0.15) is 0 Å². The van der Waals surface area contributed by atoms with Crippen LogP contribution >= 0.6 is 0 Å². The van der Waals surface area contributed by atoms with Crippen LogP contribution in [0.5, 0.6) is 0 Å². The lowest BCUT2D eigenvalue weighted by molar-refractivity contribution is -0.134. The fourth-order valence-electron chi connectivity index (χ4n) is 1.92. The van der Waals surface area contributed by atoms with Gasteiger partial charge in [0, 0.05) is 38.6 Å². The standard InChI is InChI=1S/C12H22N2O/c1-4-6-13-7-5-8-14(10-9-13)12(15)11(2)3/h4,11H,1,5-10H2,2-3H3. The van der Waals surface area contributed by atoms with Crippen molar-refractivity contribution in [2.45, 2.75) is 20.3 Å². The molecule has 0 spiro atoms. The van der Waals surface area contributed by atoms with Crippen LogP contribution in [0, 0.1) is 5.92 Å². The highest BCUT2D eigenvalue weighted by Gasteiger charge is 2.20. The smallest absolute Gasteiger partial charge is 0.225 e. The zero-order chi connectivity index (χ0) is 11.3. The molecule has 1 aliphatic heterocycles. The molecule has 1 amide bonds. The normalized spacial score (nSPS) is 19.0. The second-order valence-electron chi connectivity index (χ2n) is 4.42. The molecule has 0 bridgehead atoms. The highest BCUT2D eigenvalue weighted by molar-refractivity contribution is 5.78. The summed E-state index contributed by atoms with van der Waals surface area (Å²) >= 11 is 0. The van der Waals surface area contributed by atoms with Gasteiger partial charge in [-0.05, 0) is 6.42 Å². The van der Waals surface area contributed by atoms with E-state index in [1.165, 1.54) is 0 Å². The molecule has 1 saturated heterocycles. The maximum atomic E-state index is 11.8. The van der Waals surface area contributed by atoms with Crippen LogP contribution in [0.2, 0.25) is 0 Å². The van der Waals surface area contributed by atoms with Crippen molar-refractivity contribution in [1.29, 1.82) is 0 Å². The van der Waals surface area contributed by atoms with Crippen LogP contribution in [-0.4, -0.2) is 48.4 Å². The van der Waals surface area contributed by atoms with Crippen LogP contribution in [0.4, 0.5) is 0 Å². The first-order chi connectivity index (χ1) is 7.15. The van der Waals surface area contributed by atoms with E-state index in [0.29, 0.717) is 0 Å². The van der Waals surface area contributed by atoms with E-state index in [9.17, 15) is 4.79 Å². The first-order valence-corrected chi connectivity index (χ1v) is 5.77. The summed E-state index contributed by atoms with van der Waals surface area (Å²) in [5.41, 5.74) is 0. The van der Waals surface area contributed by atoms with Gasteiger partial charge in [-0.3, -0.25) is 9.69 Å². The largest absolute Gasteiger partial charge is 0.341 e. The van der Waals surface area contributed by atoms with Crippen LogP contribution in [0.15, 0.2) is 12.7 Å². The van der Waals surface area contributed by atoms with Crippen LogP contribution in [0.3, 0.4) is 0 Å². The second-order valence-corrected chi connectivity index (χ2v) is 4.42. The van der Waals surface area contributed by atoms with Gasteiger partial charge in [-0.25, -0.2) is 0 Å². The molecule has 3 nitrogen and oxygen atoms in total. The SMILES string of the molecule is C=CCN1CCCN(C(=O)C(C)C)CC1. The molecule has 86 valence electrons. The number of rotatable bonds is 3. The first-order valence-electron chi connectivity index (χ1n) is 5.77. The summed E-state index contributed by atoms with van der Waals surface area (Å²) in [6, 6.07) is 0. The monoisotopic (exact) mass is 210 g/mol. The summed E-state index contributed by atoms with van der Waals surface area (Å²) in [6.07, 6.45) is 3.01. The van der Waals surface area contributed by atoms with E-state index in [1.54, 1.807) is 0 Å². The molecule has 1 fully saturated rings. The van der Waals surface area contributed by atoms with Gasteiger partial charge in [0.2, 0.25) is 5.91 Å². The summed E-state index contributed by atoms with van der Waals surface area (Å²) in [7, 11) is 0. The van der Waals surface area contributed by atoms with E-state index >= 15 is 0 Å². The van der Waals surface area contributed by atoms with Crippen LogP contribution in [0.1, 0.15) is 20.3 Å². The number of amides is 1. The van der Waals surface area contributed by atoms with Gasteiger partial charge < -0.3 is 4.90 Å². The van der Waals surface area contributed by atoms with Crippen molar-refractivity contribution in [2.24, 2.45) is 5.92 Å². The topological polar surface area (TPSA) is 23.6 Å². The zero-order valence-electron chi connectivity index (χ0n) is 9.91. The van der Waals surface area contributed by atoms with Crippen molar-refractivity contribution in [1.82, 2.24) is 9.80 Å². The predicted molar refractivity (Wildman–Crippen MR) is 62.7 cm³/mol. The van der Waals surface area contributed by atoms with Gasteiger partial charge in [0.1, 0.15) is 0 Å². The molecule has 1 aliphatic rings. The molecule has 0 aromatic carbocycles. The summed E-state index contributed by atoms with van der Waals surface area (Å²) in [5, 5.41) is 0. The van der Waals surface area contributed by atoms with E-state index in [1.807, 2.05) is 24.8 Å². The Morgan fingerprint density at radius 3 is 2.67 bits per heavy atom. The van der Waals surface area contributed by atoms with Gasteiger partial charge in [0.25, 0.3) is 0 Å². The molecule has 1 heterocycles. The third kappa shape index (κ3) is 3.67. The first kappa shape index (κ1) is 12.2. The van der Waals surface area contributed by atoms with E-state index in [-0.39, 0.29) is 11.8 Å². The van der Waals surface area contributed by atoms with Gasteiger partial charge in [-0.1, -0.05) is 19.9 Å². The Labute approximate surface area is 92.7 Å². The zero-order valence-corrected chi connectivity index (χ0v) is 9.91. The quantitative estimate of drug-likeness (QED) is 0.657. The Morgan fingerprint density at radius 2 is 2.07 bits per heavy atom. The minimum absolute atomic E-state index is 0.121. The number of hydrogen-bond donors (Lipinski definition) is 0. The highest BCUT2D eigenvalue weighted by Crippen LogP contribution is 2.07. The van der Waals surface area contributed by atoms with Crippen LogP contribution < -0.4 is 0 Å². The molecular formula is C12H22N2O. The Bertz CT molecular complexity index is 226. The fourth-order valence-corrected chi connectivity index (χ4v) is 1.92. The lowest BCUT2D eigenvalue weighted by Crippen LogP contribution is -2.37. The number of nitrogens with zero attached hydrogens (tertiary/aromatic N) is 2. The molecule has 0 N–H and O–H groups in total. The number of carbonyl (C=O) groups excluding carboxylic acids is 1. The fraction of sp³-hybridized carbons (Fsp3) is 0.750. The molecule has 0 saturated carbocycles. The summed E-state index contributed by atoms with van der Waals surface area (Å²) < 4.78 is 0. The molecule has 0 aromatic rings. The third-order valence-corrected chi connectivity index (χ3v) is 2.78. The Morgan fingerprint density at radius 1 is 1.33 bits per heavy atom. The van der Waals surface area contributed by atoms with Crippen molar-refractivity contribution in [3.8, 4) is 0 Å². The summed E-state index contributed by atoms with van der Waals surface area (Å²) in [4.78, 5) is 16.1. The van der Waals surface area contributed by atoms with Crippen LogP contribution in [0.25, 0.3) is 0 Å². The lowest BCUT2D eigenvalue weighted by atomic mass is 10.2.